The Bertz CT molecular complexity index is 276. The summed E-state index contributed by atoms with van der Waals surface area (Å²) in [6, 6.07) is -0.0190. The Balaban J connectivity index is 1.49. The van der Waals surface area contributed by atoms with E-state index in [-0.39, 0.29) is 11.9 Å². The van der Waals surface area contributed by atoms with Crippen LogP contribution in [0.1, 0.15) is 26.2 Å². The summed E-state index contributed by atoms with van der Waals surface area (Å²) < 4.78 is 5.55. The van der Waals surface area contributed by atoms with Crippen LogP contribution in [0.25, 0.3) is 0 Å². The Labute approximate surface area is 116 Å². The summed E-state index contributed by atoms with van der Waals surface area (Å²) in [5.41, 5.74) is 0. The molecule has 0 spiro atoms. The van der Waals surface area contributed by atoms with E-state index in [4.69, 9.17) is 4.74 Å². The molecule has 5 nitrogen and oxygen atoms in total. The summed E-state index contributed by atoms with van der Waals surface area (Å²) in [4.78, 5) is 14.2. The van der Waals surface area contributed by atoms with Gasteiger partial charge in [-0.2, -0.15) is 0 Å². The quantitative estimate of drug-likeness (QED) is 0.619. The highest BCUT2D eigenvalue weighted by Gasteiger charge is 2.22. The van der Waals surface area contributed by atoms with Crippen molar-refractivity contribution >= 4 is 5.91 Å². The van der Waals surface area contributed by atoms with Crippen molar-refractivity contribution in [3.8, 4) is 0 Å². The summed E-state index contributed by atoms with van der Waals surface area (Å²) in [6.07, 6.45) is 3.57. The molecule has 0 aromatic carbocycles. The average molecular weight is 269 g/mol. The molecule has 2 aliphatic rings. The van der Waals surface area contributed by atoms with E-state index in [2.05, 4.69) is 15.5 Å². The third-order valence-corrected chi connectivity index (χ3v) is 3.89. The lowest BCUT2D eigenvalue weighted by Gasteiger charge is -2.31. The van der Waals surface area contributed by atoms with Crippen LogP contribution in [0.15, 0.2) is 0 Å². The zero-order valence-electron chi connectivity index (χ0n) is 12.0. The van der Waals surface area contributed by atoms with Gasteiger partial charge in [0.05, 0.1) is 6.04 Å². The Morgan fingerprint density at radius 3 is 2.84 bits per heavy atom. The van der Waals surface area contributed by atoms with Crippen LogP contribution in [-0.4, -0.2) is 62.8 Å². The Morgan fingerprint density at radius 2 is 2.16 bits per heavy atom. The van der Waals surface area contributed by atoms with Crippen molar-refractivity contribution in [1.29, 1.82) is 0 Å². The highest BCUT2D eigenvalue weighted by molar-refractivity contribution is 5.81. The van der Waals surface area contributed by atoms with E-state index in [1.807, 2.05) is 6.92 Å². The minimum absolute atomic E-state index is 0.0190. The molecule has 1 unspecified atom stereocenters. The van der Waals surface area contributed by atoms with Crippen molar-refractivity contribution in [2.75, 3.05) is 45.9 Å². The van der Waals surface area contributed by atoms with E-state index in [9.17, 15) is 4.79 Å². The summed E-state index contributed by atoms with van der Waals surface area (Å²) >= 11 is 0. The molecule has 0 radical (unpaired) electrons. The maximum absolute atomic E-state index is 12.0. The van der Waals surface area contributed by atoms with Crippen molar-refractivity contribution < 1.29 is 9.53 Å². The van der Waals surface area contributed by atoms with Crippen LogP contribution >= 0.6 is 0 Å². The molecule has 2 N–H and O–H groups in total. The number of rotatable bonds is 8. The zero-order valence-corrected chi connectivity index (χ0v) is 12.0. The second-order valence-electron chi connectivity index (χ2n) is 5.62. The fraction of sp³-hybridized carbons (Fsp3) is 0.929. The third kappa shape index (κ3) is 5.47. The first-order valence-electron chi connectivity index (χ1n) is 7.57. The van der Waals surface area contributed by atoms with Gasteiger partial charge in [0.2, 0.25) is 5.91 Å². The van der Waals surface area contributed by atoms with Crippen LogP contribution in [0, 0.1) is 5.92 Å². The summed E-state index contributed by atoms with van der Waals surface area (Å²) in [5.74, 6) is 0.964. The monoisotopic (exact) mass is 269 g/mol. The van der Waals surface area contributed by atoms with Crippen molar-refractivity contribution in [2.24, 2.45) is 5.92 Å². The number of hydrogen-bond donors (Lipinski definition) is 2. The number of nitrogens with one attached hydrogen (secondary N) is 2. The number of hydrogen-bond acceptors (Lipinski definition) is 4. The van der Waals surface area contributed by atoms with Crippen LogP contribution in [-0.2, 0) is 9.53 Å². The van der Waals surface area contributed by atoms with E-state index in [1.54, 1.807) is 0 Å². The van der Waals surface area contributed by atoms with Crippen molar-refractivity contribution in [3.05, 3.63) is 0 Å². The maximum Gasteiger partial charge on any atom is 0.237 e. The van der Waals surface area contributed by atoms with Gasteiger partial charge in [-0.15, -0.1) is 0 Å². The molecule has 2 fully saturated rings. The Morgan fingerprint density at radius 1 is 1.42 bits per heavy atom. The van der Waals surface area contributed by atoms with Crippen LogP contribution in [0.2, 0.25) is 0 Å². The predicted molar refractivity (Wildman–Crippen MR) is 75.1 cm³/mol. The number of carbonyl (C=O) groups excluding carboxylic acids is 1. The van der Waals surface area contributed by atoms with Crippen molar-refractivity contribution in [3.63, 3.8) is 0 Å². The minimum atomic E-state index is -0.0190. The van der Waals surface area contributed by atoms with Gasteiger partial charge < -0.3 is 15.4 Å². The lowest BCUT2D eigenvalue weighted by molar-refractivity contribution is -0.126. The third-order valence-electron chi connectivity index (χ3n) is 3.89. The van der Waals surface area contributed by atoms with Gasteiger partial charge in [-0.25, -0.2) is 0 Å². The summed E-state index contributed by atoms with van der Waals surface area (Å²) in [7, 11) is 0. The molecule has 1 saturated heterocycles. The molecule has 19 heavy (non-hydrogen) atoms. The molecule has 1 aliphatic heterocycles. The molecule has 1 atom stereocenters. The first kappa shape index (κ1) is 14.8. The Hall–Kier alpha value is -0.650. The average Bonchev–Trinajstić information content (AvgIpc) is 3.26. The van der Waals surface area contributed by atoms with E-state index in [1.165, 1.54) is 12.8 Å². The normalized spacial score (nSPS) is 22.2. The van der Waals surface area contributed by atoms with Gasteiger partial charge in [0.25, 0.3) is 0 Å². The summed E-state index contributed by atoms with van der Waals surface area (Å²) in [5, 5.41) is 6.30. The van der Waals surface area contributed by atoms with E-state index >= 15 is 0 Å². The fourth-order valence-electron chi connectivity index (χ4n) is 2.30. The molecule has 2 rings (SSSR count). The molecule has 5 heteroatoms. The van der Waals surface area contributed by atoms with Gasteiger partial charge in [-0.3, -0.25) is 9.69 Å². The topological polar surface area (TPSA) is 53.6 Å². The zero-order chi connectivity index (χ0) is 13.5. The molecule has 1 heterocycles. The smallest absolute Gasteiger partial charge is 0.237 e. The van der Waals surface area contributed by atoms with Gasteiger partial charge in [0.15, 0.2) is 0 Å². The van der Waals surface area contributed by atoms with Crippen LogP contribution in [0.3, 0.4) is 0 Å². The molecule has 0 aromatic heterocycles. The SMILES string of the molecule is CC(C(=O)NCCCOCC1CC1)N1CCNCC1. The standard InChI is InChI=1S/C14H27N3O2/c1-12(17-8-6-15-7-9-17)14(18)16-5-2-10-19-11-13-3-4-13/h12-13,15H,2-11H2,1H3,(H,16,18). The van der Waals surface area contributed by atoms with Crippen LogP contribution in [0.5, 0.6) is 0 Å². The number of amides is 1. The van der Waals surface area contributed by atoms with Crippen LogP contribution in [0.4, 0.5) is 0 Å². The molecule has 1 amide bonds. The van der Waals surface area contributed by atoms with E-state index in [0.717, 1.165) is 58.3 Å². The number of nitrogens with zero attached hydrogens (tertiary/aromatic N) is 1. The predicted octanol–water partition coefficient (Wildman–Crippen LogP) is 0.213. The summed E-state index contributed by atoms with van der Waals surface area (Å²) in [6.45, 7) is 8.26. The first-order valence-corrected chi connectivity index (χ1v) is 7.57. The molecule has 1 saturated carbocycles. The molecular formula is C14H27N3O2. The highest BCUT2D eigenvalue weighted by atomic mass is 16.5. The van der Waals surface area contributed by atoms with Crippen molar-refractivity contribution in [2.45, 2.75) is 32.2 Å². The molecule has 0 aromatic rings. The van der Waals surface area contributed by atoms with Gasteiger partial charge in [0.1, 0.15) is 0 Å². The van der Waals surface area contributed by atoms with Gasteiger partial charge >= 0.3 is 0 Å². The highest BCUT2D eigenvalue weighted by Crippen LogP contribution is 2.28. The fourth-order valence-corrected chi connectivity index (χ4v) is 2.30. The number of ether oxygens (including phenoxy) is 1. The number of piperazine rings is 1. The lowest BCUT2D eigenvalue weighted by atomic mass is 10.2. The minimum Gasteiger partial charge on any atom is -0.381 e. The Kier molecular flexibility index (Phi) is 6.07. The largest absolute Gasteiger partial charge is 0.381 e. The van der Waals surface area contributed by atoms with Crippen LogP contribution < -0.4 is 10.6 Å². The molecule has 0 bridgehead atoms. The molecular weight excluding hydrogens is 242 g/mol. The number of carbonyl (C=O) groups is 1. The second kappa shape index (κ2) is 7.82. The van der Waals surface area contributed by atoms with E-state index in [0.29, 0.717) is 0 Å². The van der Waals surface area contributed by atoms with Gasteiger partial charge in [0, 0.05) is 45.9 Å². The maximum atomic E-state index is 12.0. The van der Waals surface area contributed by atoms with Gasteiger partial charge in [-0.05, 0) is 32.1 Å². The lowest BCUT2D eigenvalue weighted by Crippen LogP contribution is -2.52. The first-order chi connectivity index (χ1) is 9.27. The molecule has 110 valence electrons. The second-order valence-corrected chi connectivity index (χ2v) is 5.62. The van der Waals surface area contributed by atoms with Gasteiger partial charge in [-0.1, -0.05) is 0 Å². The van der Waals surface area contributed by atoms with E-state index < -0.39 is 0 Å². The van der Waals surface area contributed by atoms with Crippen molar-refractivity contribution in [1.82, 2.24) is 15.5 Å². The molecule has 1 aliphatic carbocycles.